The smallest absolute Gasteiger partial charge is 0.299 e. The van der Waals surface area contributed by atoms with Gasteiger partial charge in [0.05, 0.1) is 23.8 Å². The van der Waals surface area contributed by atoms with Gasteiger partial charge in [0.2, 0.25) is 0 Å². The quantitative estimate of drug-likeness (QED) is 0.407. The number of anilines is 3. The second-order valence-corrected chi connectivity index (χ2v) is 6.71. The summed E-state index contributed by atoms with van der Waals surface area (Å²) in [6, 6.07) is 7.36. The van der Waals surface area contributed by atoms with E-state index in [0.29, 0.717) is 17.3 Å². The molecule has 3 heterocycles. The molecule has 0 aliphatic heterocycles. The lowest BCUT2D eigenvalue weighted by Gasteiger charge is -2.10. The lowest BCUT2D eigenvalue weighted by atomic mass is 10.2. The lowest BCUT2D eigenvalue weighted by molar-refractivity contribution is 0.0999. The van der Waals surface area contributed by atoms with E-state index in [9.17, 15) is 4.79 Å². The molecule has 1 fully saturated rings. The van der Waals surface area contributed by atoms with E-state index in [1.54, 1.807) is 43.1 Å². The van der Waals surface area contributed by atoms with Gasteiger partial charge in [-0.1, -0.05) is 0 Å². The van der Waals surface area contributed by atoms with Crippen LogP contribution in [0.25, 0.3) is 0 Å². The van der Waals surface area contributed by atoms with E-state index >= 15 is 0 Å². The van der Waals surface area contributed by atoms with Crippen molar-refractivity contribution in [2.24, 2.45) is 10.7 Å². The van der Waals surface area contributed by atoms with Crippen LogP contribution in [0.1, 0.15) is 34.9 Å². The van der Waals surface area contributed by atoms with Crippen molar-refractivity contribution in [1.82, 2.24) is 19.9 Å². The van der Waals surface area contributed by atoms with Crippen molar-refractivity contribution in [3.63, 3.8) is 0 Å². The number of pyridine rings is 2. The molecule has 30 heavy (non-hydrogen) atoms. The molecule has 3 aromatic rings. The van der Waals surface area contributed by atoms with Gasteiger partial charge in [-0.2, -0.15) is 4.99 Å². The van der Waals surface area contributed by atoms with E-state index in [1.165, 1.54) is 12.4 Å². The first-order valence-corrected chi connectivity index (χ1v) is 9.43. The molecule has 9 nitrogen and oxygen atoms in total. The summed E-state index contributed by atoms with van der Waals surface area (Å²) < 4.78 is 0. The molecule has 1 amide bonds. The summed E-state index contributed by atoms with van der Waals surface area (Å²) in [5.41, 5.74) is 9.02. The average molecular weight is 400 g/mol. The number of hydrogen-bond donors (Lipinski definition) is 3. The molecule has 0 atom stereocenters. The minimum absolute atomic E-state index is 0.0641. The number of hydrogen-bond acceptors (Lipinski definition) is 7. The van der Waals surface area contributed by atoms with Crippen LogP contribution >= 0.6 is 0 Å². The van der Waals surface area contributed by atoms with Gasteiger partial charge in [-0.15, -0.1) is 0 Å². The molecule has 0 unspecified atom stereocenters. The minimum Gasteiger partial charge on any atom is -0.384 e. The van der Waals surface area contributed by atoms with Crippen molar-refractivity contribution in [2.45, 2.75) is 18.8 Å². The van der Waals surface area contributed by atoms with E-state index < -0.39 is 5.91 Å². The number of aromatic nitrogens is 4. The van der Waals surface area contributed by atoms with Crippen LogP contribution in [0.3, 0.4) is 0 Å². The van der Waals surface area contributed by atoms with Crippen LogP contribution < -0.4 is 16.4 Å². The van der Waals surface area contributed by atoms with Crippen LogP contribution in [-0.2, 0) is 0 Å². The maximum Gasteiger partial charge on any atom is 0.299 e. The fourth-order valence-corrected chi connectivity index (χ4v) is 2.74. The number of carbonyl (C=O) groups excluding carboxylic acids is 1. The van der Waals surface area contributed by atoms with Crippen LogP contribution in [0.4, 0.5) is 17.1 Å². The maximum atomic E-state index is 12.8. The molecule has 150 valence electrons. The molecule has 3 aromatic heterocycles. The topological polar surface area (TPSA) is 131 Å². The van der Waals surface area contributed by atoms with Crippen LogP contribution in [0.5, 0.6) is 0 Å². The molecule has 0 saturated heterocycles. The predicted molar refractivity (Wildman–Crippen MR) is 114 cm³/mol. The van der Waals surface area contributed by atoms with Crippen LogP contribution in [0.15, 0.2) is 72.6 Å². The summed E-state index contributed by atoms with van der Waals surface area (Å²) in [5.74, 6) is -0.0615. The average Bonchev–Trinajstić information content (AvgIpc) is 3.61. The van der Waals surface area contributed by atoms with Crippen LogP contribution in [-0.4, -0.2) is 31.7 Å². The molecule has 0 radical (unpaired) electrons. The Hall–Kier alpha value is -4.14. The molecule has 4 N–H and O–H groups in total. The summed E-state index contributed by atoms with van der Waals surface area (Å²) >= 11 is 0. The van der Waals surface area contributed by atoms with Gasteiger partial charge < -0.3 is 16.4 Å². The zero-order valence-electron chi connectivity index (χ0n) is 16.1. The SMILES string of the molecule is NC(/C=C\Nc1ccncc1)=NC(=O)c1nc(C2CC2)ccc1Nc1cncnc1. The number of nitrogens with one attached hydrogen (secondary N) is 2. The van der Waals surface area contributed by atoms with Crippen LogP contribution in [0.2, 0.25) is 0 Å². The summed E-state index contributed by atoms with van der Waals surface area (Å²) in [4.78, 5) is 33.3. The van der Waals surface area contributed by atoms with Gasteiger partial charge in [-0.25, -0.2) is 15.0 Å². The number of aliphatic imine (C=N–C) groups is 1. The second kappa shape index (κ2) is 8.91. The van der Waals surface area contributed by atoms with Crippen molar-refractivity contribution >= 4 is 28.8 Å². The second-order valence-electron chi connectivity index (χ2n) is 6.71. The highest BCUT2D eigenvalue weighted by molar-refractivity contribution is 6.08. The normalized spacial score (nSPS) is 13.9. The predicted octanol–water partition coefficient (Wildman–Crippen LogP) is 3.01. The Morgan fingerprint density at radius 1 is 1.07 bits per heavy atom. The standard InChI is InChI=1S/C21H20N8O/c22-19(7-10-26-15-5-8-23-9-6-15)29-21(30)20-18(27-16-11-24-13-25-12-16)4-3-17(28-20)14-1-2-14/h3-14,27H,1-2H2,(H,23,26)(H2,22,29,30)/b10-7-. The van der Waals surface area contributed by atoms with E-state index in [2.05, 4.69) is 35.6 Å². The van der Waals surface area contributed by atoms with Gasteiger partial charge in [0.25, 0.3) is 5.91 Å². The molecular formula is C21H20N8O. The molecule has 0 aromatic carbocycles. The number of nitrogens with zero attached hydrogens (tertiary/aromatic N) is 5. The first-order valence-electron chi connectivity index (χ1n) is 9.43. The molecule has 1 aliphatic carbocycles. The molecule has 0 bridgehead atoms. The zero-order chi connectivity index (χ0) is 20.8. The first kappa shape index (κ1) is 19.2. The van der Waals surface area contributed by atoms with Gasteiger partial charge in [0, 0.05) is 35.9 Å². The Kier molecular flexibility index (Phi) is 5.70. The van der Waals surface area contributed by atoms with E-state index in [-0.39, 0.29) is 11.5 Å². The summed E-state index contributed by atoms with van der Waals surface area (Å²) in [7, 11) is 0. The largest absolute Gasteiger partial charge is 0.384 e. The van der Waals surface area contributed by atoms with Crippen molar-refractivity contribution in [3.05, 3.63) is 79.0 Å². The third-order valence-corrected chi connectivity index (χ3v) is 4.37. The van der Waals surface area contributed by atoms with Crippen molar-refractivity contribution in [3.8, 4) is 0 Å². The Morgan fingerprint density at radius 2 is 1.83 bits per heavy atom. The van der Waals surface area contributed by atoms with E-state index in [1.807, 2.05) is 12.1 Å². The molecule has 1 saturated carbocycles. The first-order chi connectivity index (χ1) is 14.7. The minimum atomic E-state index is -0.525. The molecular weight excluding hydrogens is 380 g/mol. The fourth-order valence-electron chi connectivity index (χ4n) is 2.74. The lowest BCUT2D eigenvalue weighted by Crippen LogP contribution is -2.14. The summed E-state index contributed by atoms with van der Waals surface area (Å²) in [6.07, 6.45) is 13.3. The van der Waals surface area contributed by atoms with Crippen molar-refractivity contribution < 1.29 is 4.79 Å². The highest BCUT2D eigenvalue weighted by Crippen LogP contribution is 2.39. The maximum absolute atomic E-state index is 12.8. The molecule has 0 spiro atoms. The molecule has 1 aliphatic rings. The monoisotopic (exact) mass is 400 g/mol. The van der Waals surface area contributed by atoms with Crippen molar-refractivity contribution in [2.75, 3.05) is 10.6 Å². The van der Waals surface area contributed by atoms with Crippen molar-refractivity contribution in [1.29, 1.82) is 0 Å². The number of carbonyl (C=O) groups is 1. The Labute approximate surface area is 173 Å². The third-order valence-electron chi connectivity index (χ3n) is 4.37. The van der Waals surface area contributed by atoms with Gasteiger partial charge in [-0.3, -0.25) is 9.78 Å². The number of nitrogens with two attached hydrogens (primary N) is 1. The zero-order valence-corrected chi connectivity index (χ0v) is 16.1. The Morgan fingerprint density at radius 3 is 2.57 bits per heavy atom. The van der Waals surface area contributed by atoms with Gasteiger partial charge in [-0.05, 0) is 43.2 Å². The number of rotatable bonds is 7. The van der Waals surface area contributed by atoms with E-state index in [4.69, 9.17) is 5.73 Å². The van der Waals surface area contributed by atoms with Gasteiger partial charge in [0.1, 0.15) is 12.2 Å². The van der Waals surface area contributed by atoms with Gasteiger partial charge in [0.15, 0.2) is 5.69 Å². The summed E-state index contributed by atoms with van der Waals surface area (Å²) in [5, 5.41) is 6.15. The van der Waals surface area contributed by atoms with Crippen LogP contribution in [0, 0.1) is 0 Å². The highest BCUT2D eigenvalue weighted by atomic mass is 16.1. The Bertz CT molecular complexity index is 1080. The summed E-state index contributed by atoms with van der Waals surface area (Å²) in [6.45, 7) is 0. The van der Waals surface area contributed by atoms with Gasteiger partial charge >= 0.3 is 0 Å². The van der Waals surface area contributed by atoms with E-state index in [0.717, 1.165) is 24.2 Å². The Balaban J connectivity index is 1.53. The molecule has 4 rings (SSSR count). The number of amidine groups is 1. The highest BCUT2D eigenvalue weighted by Gasteiger charge is 2.27. The fraction of sp³-hybridized carbons (Fsp3) is 0.143. The number of amides is 1. The molecule has 9 heteroatoms. The third kappa shape index (κ3) is 5.02.